The number of ether oxygens (including phenoxy) is 1. The maximum atomic E-state index is 12.9. The highest BCUT2D eigenvalue weighted by atomic mass is 32.2. The predicted molar refractivity (Wildman–Crippen MR) is 95.8 cm³/mol. The third kappa shape index (κ3) is 4.10. The average molecular weight is 398 g/mol. The van der Waals surface area contributed by atoms with Gasteiger partial charge in [0.25, 0.3) is 5.69 Å². The summed E-state index contributed by atoms with van der Waals surface area (Å²) in [6, 6.07) is 3.40. The average Bonchev–Trinajstić information content (AvgIpc) is 2.68. The van der Waals surface area contributed by atoms with Crippen molar-refractivity contribution in [2.45, 2.75) is 17.9 Å². The van der Waals surface area contributed by atoms with E-state index in [0.29, 0.717) is 25.3 Å². The number of rotatable bonds is 4. The smallest absolute Gasteiger partial charge is 0.270 e. The van der Waals surface area contributed by atoms with Gasteiger partial charge in [-0.25, -0.2) is 8.42 Å². The van der Waals surface area contributed by atoms with E-state index < -0.39 is 21.0 Å². The molecule has 1 amide bonds. The summed E-state index contributed by atoms with van der Waals surface area (Å²) < 4.78 is 32.4. The second kappa shape index (κ2) is 7.89. The molecule has 0 aromatic heterocycles. The fraction of sp³-hybridized carbons (Fsp3) is 0.562. The molecule has 0 spiro atoms. The number of nitrogens with zero attached hydrogens (tertiary/aromatic N) is 3. The minimum absolute atomic E-state index is 0.0705. The van der Waals surface area contributed by atoms with Crippen molar-refractivity contribution in [2.75, 3.05) is 45.9 Å². The Kier molecular flexibility index (Phi) is 5.75. The van der Waals surface area contributed by atoms with E-state index in [0.717, 1.165) is 6.07 Å². The van der Waals surface area contributed by atoms with Crippen molar-refractivity contribution in [3.8, 4) is 0 Å². The van der Waals surface area contributed by atoms with Gasteiger partial charge in [0.1, 0.15) is 6.04 Å². The van der Waals surface area contributed by atoms with E-state index in [1.807, 2.05) is 0 Å². The molecule has 3 rings (SSSR count). The normalized spacial score (nSPS) is 21.8. The highest BCUT2D eigenvalue weighted by molar-refractivity contribution is 7.89. The van der Waals surface area contributed by atoms with E-state index in [1.165, 1.54) is 16.4 Å². The monoisotopic (exact) mass is 398 g/mol. The molecule has 2 aliphatic rings. The molecule has 0 aliphatic carbocycles. The van der Waals surface area contributed by atoms with E-state index >= 15 is 0 Å². The number of hydrogen-bond acceptors (Lipinski definition) is 7. The molecule has 1 atom stereocenters. The van der Waals surface area contributed by atoms with Gasteiger partial charge in [-0.3, -0.25) is 14.9 Å². The van der Waals surface area contributed by atoms with E-state index in [2.05, 4.69) is 5.32 Å². The summed E-state index contributed by atoms with van der Waals surface area (Å²) in [5.41, 5.74) is 0.180. The molecule has 1 aromatic carbocycles. The Hall–Kier alpha value is -2.08. The fourth-order valence-corrected chi connectivity index (χ4v) is 4.88. The van der Waals surface area contributed by atoms with Crippen molar-refractivity contribution in [1.82, 2.24) is 14.5 Å². The van der Waals surface area contributed by atoms with Gasteiger partial charge in [0, 0.05) is 44.9 Å². The lowest BCUT2D eigenvalue weighted by molar-refractivity contribution is -0.385. The number of hydrogen-bond donors (Lipinski definition) is 1. The zero-order chi connectivity index (χ0) is 19.6. The molecule has 0 bridgehead atoms. The Morgan fingerprint density at radius 1 is 1.30 bits per heavy atom. The van der Waals surface area contributed by atoms with Gasteiger partial charge in [0.15, 0.2) is 0 Å². The summed E-state index contributed by atoms with van der Waals surface area (Å²) in [6.07, 6.45) is 0. The molecule has 1 aromatic rings. The molecule has 11 heteroatoms. The van der Waals surface area contributed by atoms with Crippen LogP contribution < -0.4 is 5.32 Å². The Morgan fingerprint density at radius 2 is 2.00 bits per heavy atom. The van der Waals surface area contributed by atoms with Crippen molar-refractivity contribution >= 4 is 21.6 Å². The molecule has 2 heterocycles. The quantitative estimate of drug-likeness (QED) is 0.547. The molecule has 2 saturated heterocycles. The molecule has 2 aliphatic heterocycles. The van der Waals surface area contributed by atoms with Crippen molar-refractivity contribution in [2.24, 2.45) is 0 Å². The Morgan fingerprint density at radius 3 is 2.59 bits per heavy atom. The molecule has 0 saturated carbocycles. The van der Waals surface area contributed by atoms with Gasteiger partial charge in [0.2, 0.25) is 15.9 Å². The summed E-state index contributed by atoms with van der Waals surface area (Å²) in [5, 5.41) is 14.1. The van der Waals surface area contributed by atoms with E-state index in [4.69, 9.17) is 4.74 Å². The van der Waals surface area contributed by atoms with Crippen LogP contribution in [0.3, 0.4) is 0 Å². The van der Waals surface area contributed by atoms with Gasteiger partial charge >= 0.3 is 0 Å². The fourth-order valence-electron chi connectivity index (χ4n) is 3.21. The lowest BCUT2D eigenvalue weighted by atomic mass is 10.2. The number of carbonyl (C=O) groups excluding carboxylic acids is 1. The van der Waals surface area contributed by atoms with Crippen molar-refractivity contribution in [3.05, 3.63) is 33.9 Å². The van der Waals surface area contributed by atoms with Crippen LogP contribution in [0.25, 0.3) is 0 Å². The number of nitro groups is 1. The third-order valence-corrected chi connectivity index (χ3v) is 6.81. The van der Waals surface area contributed by atoms with Gasteiger partial charge in [-0.05, 0) is 12.5 Å². The molecule has 1 unspecified atom stereocenters. The molecule has 0 radical (unpaired) electrons. The standard InChI is InChI=1S/C16H22N4O6S/c1-12-2-3-13(20(22)23)10-15(12)27(24,25)19-7-5-18(6-8-19)16(21)14-11-26-9-4-17-14/h2-3,10,14,17H,4-9,11H2,1H3. The first kappa shape index (κ1) is 19.7. The number of nitrogens with one attached hydrogen (secondary N) is 1. The first-order valence-corrected chi connectivity index (χ1v) is 10.1. The lowest BCUT2D eigenvalue weighted by Gasteiger charge is -2.36. The van der Waals surface area contributed by atoms with Crippen LogP contribution in [-0.2, 0) is 19.6 Å². The van der Waals surface area contributed by atoms with Crippen molar-refractivity contribution < 1.29 is 22.9 Å². The summed E-state index contributed by atoms with van der Waals surface area (Å²) in [4.78, 5) is 24.4. The van der Waals surface area contributed by atoms with Crippen LogP contribution in [0, 0.1) is 17.0 Å². The maximum Gasteiger partial charge on any atom is 0.270 e. The maximum absolute atomic E-state index is 12.9. The summed E-state index contributed by atoms with van der Waals surface area (Å²) in [5.74, 6) is -0.0988. The van der Waals surface area contributed by atoms with Crippen LogP contribution in [0.4, 0.5) is 5.69 Å². The van der Waals surface area contributed by atoms with Gasteiger partial charge in [-0.1, -0.05) is 6.07 Å². The van der Waals surface area contributed by atoms with Crippen LogP contribution in [0.5, 0.6) is 0 Å². The molecular formula is C16H22N4O6S. The zero-order valence-corrected chi connectivity index (χ0v) is 15.8. The molecule has 148 valence electrons. The number of non-ortho nitro benzene ring substituents is 1. The first-order chi connectivity index (χ1) is 12.8. The molecule has 10 nitrogen and oxygen atoms in total. The summed E-state index contributed by atoms with van der Waals surface area (Å²) >= 11 is 0. The Bertz CT molecular complexity index is 829. The third-order valence-electron chi connectivity index (χ3n) is 4.77. The Labute approximate surface area is 157 Å². The summed E-state index contributed by atoms with van der Waals surface area (Å²) in [6.45, 7) is 3.91. The highest BCUT2D eigenvalue weighted by Crippen LogP contribution is 2.25. The zero-order valence-electron chi connectivity index (χ0n) is 15.0. The second-order valence-corrected chi connectivity index (χ2v) is 8.42. The topological polar surface area (TPSA) is 122 Å². The van der Waals surface area contributed by atoms with Crippen LogP contribution in [-0.4, -0.2) is 80.4 Å². The van der Waals surface area contributed by atoms with Crippen LogP contribution >= 0.6 is 0 Å². The minimum Gasteiger partial charge on any atom is -0.378 e. The van der Waals surface area contributed by atoms with Crippen molar-refractivity contribution in [1.29, 1.82) is 0 Å². The number of carbonyl (C=O) groups is 1. The van der Waals surface area contributed by atoms with Crippen molar-refractivity contribution in [3.63, 3.8) is 0 Å². The minimum atomic E-state index is -3.87. The van der Waals surface area contributed by atoms with Crippen LogP contribution in [0.15, 0.2) is 23.1 Å². The molecule has 27 heavy (non-hydrogen) atoms. The number of morpholine rings is 1. The second-order valence-electron chi connectivity index (χ2n) is 6.52. The number of amides is 1. The van der Waals surface area contributed by atoms with Gasteiger partial charge in [-0.15, -0.1) is 0 Å². The van der Waals surface area contributed by atoms with E-state index in [9.17, 15) is 23.3 Å². The SMILES string of the molecule is Cc1ccc([N+](=O)[O-])cc1S(=O)(=O)N1CCN(C(=O)C2COCCN2)CC1. The largest absolute Gasteiger partial charge is 0.378 e. The van der Waals surface area contributed by atoms with Crippen LogP contribution in [0.1, 0.15) is 5.56 Å². The highest BCUT2D eigenvalue weighted by Gasteiger charge is 2.34. The van der Waals surface area contributed by atoms with Crippen LogP contribution in [0.2, 0.25) is 0 Å². The summed E-state index contributed by atoms with van der Waals surface area (Å²) in [7, 11) is -3.87. The molecular weight excluding hydrogens is 376 g/mol. The van der Waals surface area contributed by atoms with Gasteiger partial charge < -0.3 is 15.0 Å². The van der Waals surface area contributed by atoms with Gasteiger partial charge in [0.05, 0.1) is 23.0 Å². The number of sulfonamides is 1. The van der Waals surface area contributed by atoms with Gasteiger partial charge in [-0.2, -0.15) is 4.31 Å². The number of piperazine rings is 1. The lowest BCUT2D eigenvalue weighted by Crippen LogP contribution is -2.57. The molecule has 2 fully saturated rings. The number of nitro benzene ring substituents is 1. The Balaban J connectivity index is 1.70. The molecule has 1 N–H and O–H groups in total. The first-order valence-electron chi connectivity index (χ1n) is 8.66. The number of benzene rings is 1. The number of aryl methyl sites for hydroxylation is 1. The van der Waals surface area contributed by atoms with E-state index in [1.54, 1.807) is 11.8 Å². The predicted octanol–water partition coefficient (Wildman–Crippen LogP) is -0.275. The van der Waals surface area contributed by atoms with E-state index in [-0.39, 0.29) is 42.7 Å².